The average Bonchev–Trinajstić information content (AvgIpc) is 2.70. The Morgan fingerprint density at radius 1 is 1.36 bits per heavy atom. The Balaban J connectivity index is 1.92. The molecular weight excluding hydrogens is 303 g/mol. The second-order valence-electron chi connectivity index (χ2n) is 5.70. The van der Waals surface area contributed by atoms with Crippen LogP contribution in [0.3, 0.4) is 0 Å². The summed E-state index contributed by atoms with van der Waals surface area (Å²) >= 11 is 0. The number of hydrogen-bond donors (Lipinski definition) is 2. The van der Waals surface area contributed by atoms with Crippen LogP contribution in [0.25, 0.3) is 0 Å². The molecule has 1 fully saturated rings. The van der Waals surface area contributed by atoms with Gasteiger partial charge in [-0.05, 0) is 19.4 Å². The predicted octanol–water partition coefficient (Wildman–Crippen LogP) is 2.49. The van der Waals surface area contributed by atoms with Gasteiger partial charge in [-0.3, -0.25) is 9.88 Å². The standard InChI is InChI=1S/C15H21N2O4P/c1-11(2)17-22(20)10-13(18)8-14(22)16-15(19)21-9-12-6-4-3-5-7-12/h3-7,11,14H,8-10H2,1-2H3,(H,16,19)(H,17,20). The summed E-state index contributed by atoms with van der Waals surface area (Å²) in [5.74, 6) is -0.796. The van der Waals surface area contributed by atoms with Crippen LogP contribution in [0.5, 0.6) is 0 Å². The third kappa shape index (κ3) is 4.42. The fourth-order valence-electron chi connectivity index (χ4n) is 2.43. The molecule has 1 heterocycles. The van der Waals surface area contributed by atoms with Gasteiger partial charge in [0.05, 0.1) is 6.16 Å². The zero-order valence-electron chi connectivity index (χ0n) is 12.7. The Bertz CT molecular complexity index is 588. The summed E-state index contributed by atoms with van der Waals surface area (Å²) in [7, 11) is -2.95. The number of ether oxygens (including phenoxy) is 1. The predicted molar refractivity (Wildman–Crippen MR) is 83.9 cm³/mol. The Morgan fingerprint density at radius 3 is 2.68 bits per heavy atom. The van der Waals surface area contributed by atoms with Gasteiger partial charge in [-0.15, -0.1) is 0 Å². The number of amides is 1. The van der Waals surface area contributed by atoms with Crippen molar-refractivity contribution in [2.75, 3.05) is 6.16 Å². The van der Waals surface area contributed by atoms with E-state index in [0.717, 1.165) is 5.56 Å². The highest BCUT2D eigenvalue weighted by molar-refractivity contribution is 7.64. The van der Waals surface area contributed by atoms with Crippen molar-refractivity contribution in [1.29, 1.82) is 0 Å². The van der Waals surface area contributed by atoms with Crippen LogP contribution in [0, 0.1) is 0 Å². The normalized spacial score (nSPS) is 24.5. The van der Waals surface area contributed by atoms with Crippen molar-refractivity contribution < 1.29 is 18.9 Å². The van der Waals surface area contributed by atoms with E-state index in [4.69, 9.17) is 4.74 Å². The topological polar surface area (TPSA) is 84.5 Å². The monoisotopic (exact) mass is 324 g/mol. The Morgan fingerprint density at radius 2 is 2.05 bits per heavy atom. The first kappa shape index (κ1) is 16.7. The zero-order valence-corrected chi connectivity index (χ0v) is 13.6. The average molecular weight is 324 g/mol. The molecule has 2 unspecified atom stereocenters. The van der Waals surface area contributed by atoms with Crippen LogP contribution in [0.15, 0.2) is 30.3 Å². The SMILES string of the molecule is CC(C)NP1(=O)CC(=O)CC1NC(=O)OCc1ccccc1. The third-order valence-corrected chi connectivity index (χ3v) is 6.40. The number of nitrogens with one attached hydrogen (secondary N) is 2. The molecule has 0 saturated carbocycles. The lowest BCUT2D eigenvalue weighted by Crippen LogP contribution is -2.37. The van der Waals surface area contributed by atoms with Crippen molar-refractivity contribution in [1.82, 2.24) is 10.4 Å². The van der Waals surface area contributed by atoms with E-state index in [2.05, 4.69) is 10.4 Å². The van der Waals surface area contributed by atoms with Gasteiger partial charge in [-0.2, -0.15) is 0 Å². The summed E-state index contributed by atoms with van der Waals surface area (Å²) in [5.41, 5.74) is 0.864. The number of alkyl carbamates (subject to hydrolysis) is 1. The highest BCUT2D eigenvalue weighted by Gasteiger charge is 2.44. The maximum Gasteiger partial charge on any atom is 0.408 e. The largest absolute Gasteiger partial charge is 0.445 e. The molecule has 0 aliphatic carbocycles. The Hall–Kier alpha value is -1.65. The van der Waals surface area contributed by atoms with Gasteiger partial charge in [0.1, 0.15) is 18.2 Å². The number of ketones is 1. The van der Waals surface area contributed by atoms with Crippen LogP contribution in [0.1, 0.15) is 25.8 Å². The van der Waals surface area contributed by atoms with Crippen molar-refractivity contribution >= 4 is 19.2 Å². The molecule has 1 amide bonds. The molecule has 0 spiro atoms. The van der Waals surface area contributed by atoms with Crippen LogP contribution < -0.4 is 10.4 Å². The van der Waals surface area contributed by atoms with Gasteiger partial charge in [0.25, 0.3) is 0 Å². The molecule has 22 heavy (non-hydrogen) atoms. The van der Waals surface area contributed by atoms with Gasteiger partial charge < -0.3 is 14.6 Å². The van der Waals surface area contributed by atoms with E-state index in [-0.39, 0.29) is 31.0 Å². The molecule has 120 valence electrons. The van der Waals surface area contributed by atoms with Gasteiger partial charge in [0.15, 0.2) is 7.29 Å². The number of carbonyl (C=O) groups excluding carboxylic acids is 2. The summed E-state index contributed by atoms with van der Waals surface area (Å²) in [6.07, 6.45) is -0.596. The number of rotatable bonds is 5. The highest BCUT2D eigenvalue weighted by Crippen LogP contribution is 2.52. The molecular formula is C15H21N2O4P. The maximum atomic E-state index is 12.8. The van der Waals surface area contributed by atoms with E-state index in [0.29, 0.717) is 0 Å². The lowest BCUT2D eigenvalue weighted by Gasteiger charge is -2.23. The lowest BCUT2D eigenvalue weighted by molar-refractivity contribution is -0.116. The minimum Gasteiger partial charge on any atom is -0.445 e. The van der Waals surface area contributed by atoms with Crippen LogP contribution in [0.4, 0.5) is 4.79 Å². The van der Waals surface area contributed by atoms with E-state index >= 15 is 0 Å². The first-order chi connectivity index (χ1) is 10.4. The first-order valence-corrected chi connectivity index (χ1v) is 9.20. The molecule has 0 aromatic heterocycles. The van der Waals surface area contributed by atoms with Gasteiger partial charge in [0.2, 0.25) is 0 Å². The van der Waals surface area contributed by atoms with Gasteiger partial charge in [-0.25, -0.2) is 4.79 Å². The summed E-state index contributed by atoms with van der Waals surface area (Å²) in [6, 6.07) is 9.25. The molecule has 6 nitrogen and oxygen atoms in total. The van der Waals surface area contributed by atoms with Crippen molar-refractivity contribution in [2.45, 2.75) is 38.7 Å². The van der Waals surface area contributed by atoms with E-state index in [1.807, 2.05) is 44.2 Å². The Kier molecular flexibility index (Phi) is 5.37. The van der Waals surface area contributed by atoms with Crippen molar-refractivity contribution in [3.05, 3.63) is 35.9 Å². The van der Waals surface area contributed by atoms with Crippen LogP contribution in [-0.4, -0.2) is 29.9 Å². The molecule has 1 aromatic carbocycles. The summed E-state index contributed by atoms with van der Waals surface area (Å²) < 4.78 is 17.9. The first-order valence-electron chi connectivity index (χ1n) is 7.24. The minimum atomic E-state index is -2.95. The highest BCUT2D eigenvalue weighted by atomic mass is 31.2. The minimum absolute atomic E-state index is 0.0190. The summed E-state index contributed by atoms with van der Waals surface area (Å²) in [4.78, 5) is 23.5. The van der Waals surface area contributed by atoms with Gasteiger partial charge in [-0.1, -0.05) is 30.3 Å². The smallest absolute Gasteiger partial charge is 0.408 e. The Labute approximate surface area is 130 Å². The van der Waals surface area contributed by atoms with E-state index in [1.54, 1.807) is 0 Å². The molecule has 0 radical (unpaired) electrons. The second kappa shape index (κ2) is 7.07. The summed E-state index contributed by atoms with van der Waals surface area (Å²) in [5, 5.41) is 5.51. The third-order valence-electron chi connectivity index (χ3n) is 3.31. The molecule has 1 aliphatic rings. The van der Waals surface area contributed by atoms with E-state index in [1.165, 1.54) is 0 Å². The molecule has 2 N–H and O–H groups in total. The number of carbonyl (C=O) groups is 2. The van der Waals surface area contributed by atoms with Crippen LogP contribution in [0.2, 0.25) is 0 Å². The lowest BCUT2D eigenvalue weighted by atomic mass is 10.2. The summed E-state index contributed by atoms with van der Waals surface area (Å²) in [6.45, 7) is 3.84. The quantitative estimate of drug-likeness (QED) is 0.813. The molecule has 1 saturated heterocycles. The van der Waals surface area contributed by atoms with E-state index in [9.17, 15) is 14.2 Å². The molecule has 0 bridgehead atoms. The zero-order chi connectivity index (χ0) is 16.2. The number of Topliss-reactive ketones (excluding diaryl/α,β-unsaturated/α-hetero) is 1. The van der Waals surface area contributed by atoms with E-state index < -0.39 is 19.2 Å². The fraction of sp³-hybridized carbons (Fsp3) is 0.467. The van der Waals surface area contributed by atoms with Crippen molar-refractivity contribution in [3.8, 4) is 0 Å². The molecule has 7 heteroatoms. The molecule has 1 aliphatic heterocycles. The molecule has 2 rings (SSSR count). The van der Waals surface area contributed by atoms with Crippen molar-refractivity contribution in [3.63, 3.8) is 0 Å². The van der Waals surface area contributed by atoms with Gasteiger partial charge in [0, 0.05) is 12.5 Å². The van der Waals surface area contributed by atoms with Crippen LogP contribution in [-0.2, 0) is 20.7 Å². The number of benzene rings is 1. The van der Waals surface area contributed by atoms with Crippen molar-refractivity contribution in [2.24, 2.45) is 0 Å². The molecule has 2 atom stereocenters. The number of hydrogen-bond acceptors (Lipinski definition) is 4. The fourth-order valence-corrected chi connectivity index (χ4v) is 5.26. The van der Waals surface area contributed by atoms with Crippen LogP contribution >= 0.6 is 7.29 Å². The van der Waals surface area contributed by atoms with Gasteiger partial charge >= 0.3 is 6.09 Å². The second-order valence-corrected chi connectivity index (χ2v) is 8.49. The molecule has 1 aromatic rings. The maximum absolute atomic E-state index is 12.8.